The lowest BCUT2D eigenvalue weighted by Gasteiger charge is -2.11. The van der Waals surface area contributed by atoms with Crippen molar-refractivity contribution >= 4 is 11.6 Å². The van der Waals surface area contributed by atoms with E-state index in [-0.39, 0.29) is 12.5 Å². The third kappa shape index (κ3) is 3.24. The zero-order valence-corrected chi connectivity index (χ0v) is 13.4. The molecule has 0 aliphatic carbocycles. The Hall–Kier alpha value is -3.22. The normalized spacial score (nSPS) is 10.6. The molecule has 0 unspecified atom stereocenters. The summed E-state index contributed by atoms with van der Waals surface area (Å²) in [6.45, 7) is 3.63. The number of rotatable bonds is 4. The van der Waals surface area contributed by atoms with Crippen molar-refractivity contribution < 1.29 is 9.21 Å². The summed E-state index contributed by atoms with van der Waals surface area (Å²) in [6, 6.07) is 11.3. The minimum absolute atomic E-state index is 0.145. The van der Waals surface area contributed by atoms with Crippen LogP contribution in [0.15, 0.2) is 40.8 Å². The molecule has 0 saturated carbocycles. The quantitative estimate of drug-likeness (QED) is 0.762. The lowest BCUT2D eigenvalue weighted by atomic mass is 10.1. The summed E-state index contributed by atoms with van der Waals surface area (Å²) in [7, 11) is 0. The molecule has 0 bridgehead atoms. The summed E-state index contributed by atoms with van der Waals surface area (Å²) in [4.78, 5) is 16.9. The maximum atomic E-state index is 12.4. The molecular formula is C17H17N5O2. The Morgan fingerprint density at radius 3 is 2.62 bits per heavy atom. The van der Waals surface area contributed by atoms with Gasteiger partial charge in [-0.3, -0.25) is 4.79 Å². The molecule has 3 aromatic rings. The van der Waals surface area contributed by atoms with Crippen LogP contribution in [-0.2, 0) is 6.54 Å². The molecule has 7 nitrogen and oxygen atoms in total. The minimum atomic E-state index is -0.319. The Morgan fingerprint density at radius 1 is 1.21 bits per heavy atom. The maximum absolute atomic E-state index is 12.4. The van der Waals surface area contributed by atoms with E-state index in [2.05, 4.69) is 20.5 Å². The average Bonchev–Trinajstić information content (AvgIpc) is 2.99. The Labute approximate surface area is 138 Å². The van der Waals surface area contributed by atoms with E-state index in [1.807, 2.05) is 30.3 Å². The highest BCUT2D eigenvalue weighted by atomic mass is 16.4. The van der Waals surface area contributed by atoms with E-state index >= 15 is 0 Å². The van der Waals surface area contributed by atoms with E-state index in [1.165, 1.54) is 0 Å². The number of pyridine rings is 1. The number of nitrogen functional groups attached to an aromatic ring is 1. The topological polar surface area (TPSA) is 107 Å². The van der Waals surface area contributed by atoms with Gasteiger partial charge in [-0.2, -0.15) is 0 Å². The number of hydrogen-bond donors (Lipinski definition) is 2. The van der Waals surface area contributed by atoms with E-state index in [1.54, 1.807) is 19.9 Å². The van der Waals surface area contributed by atoms with Gasteiger partial charge in [0.15, 0.2) is 0 Å². The van der Waals surface area contributed by atoms with Crippen LogP contribution in [0.5, 0.6) is 0 Å². The molecule has 1 aromatic carbocycles. The van der Waals surface area contributed by atoms with E-state index in [4.69, 9.17) is 10.2 Å². The van der Waals surface area contributed by atoms with Gasteiger partial charge in [0.1, 0.15) is 5.69 Å². The van der Waals surface area contributed by atoms with Crippen molar-refractivity contribution in [1.82, 2.24) is 20.5 Å². The van der Waals surface area contributed by atoms with Crippen LogP contribution >= 0.6 is 0 Å². The minimum Gasteiger partial charge on any atom is -0.424 e. The van der Waals surface area contributed by atoms with Crippen molar-refractivity contribution in [1.29, 1.82) is 0 Å². The van der Waals surface area contributed by atoms with Gasteiger partial charge in [0.2, 0.25) is 11.8 Å². The number of benzene rings is 1. The molecular weight excluding hydrogens is 306 g/mol. The maximum Gasteiger partial charge on any atom is 0.270 e. The molecule has 0 fully saturated rings. The Balaban J connectivity index is 1.85. The smallest absolute Gasteiger partial charge is 0.270 e. The van der Waals surface area contributed by atoms with Gasteiger partial charge in [-0.25, -0.2) is 4.98 Å². The number of nitrogens with zero attached hydrogens (tertiary/aromatic N) is 3. The van der Waals surface area contributed by atoms with Gasteiger partial charge in [-0.15, -0.1) is 10.2 Å². The van der Waals surface area contributed by atoms with Crippen molar-refractivity contribution in [3.63, 3.8) is 0 Å². The van der Waals surface area contributed by atoms with Gasteiger partial charge in [-0.05, 0) is 18.6 Å². The van der Waals surface area contributed by atoms with Crippen LogP contribution in [0, 0.1) is 13.8 Å². The Bertz CT molecular complexity index is 874. The highest BCUT2D eigenvalue weighted by Gasteiger charge is 2.16. The largest absolute Gasteiger partial charge is 0.424 e. The van der Waals surface area contributed by atoms with Crippen LogP contribution in [0.1, 0.15) is 27.8 Å². The second-order valence-electron chi connectivity index (χ2n) is 5.36. The van der Waals surface area contributed by atoms with Gasteiger partial charge in [0.05, 0.1) is 17.9 Å². The van der Waals surface area contributed by atoms with Crippen molar-refractivity contribution in [2.75, 3.05) is 5.73 Å². The summed E-state index contributed by atoms with van der Waals surface area (Å²) in [6.07, 6.45) is 0. The highest BCUT2D eigenvalue weighted by molar-refractivity contribution is 5.95. The third-order valence-electron chi connectivity index (χ3n) is 3.47. The zero-order chi connectivity index (χ0) is 17.1. The Kier molecular flexibility index (Phi) is 4.24. The summed E-state index contributed by atoms with van der Waals surface area (Å²) in [5.41, 5.74) is 9.05. The molecule has 3 N–H and O–H groups in total. The molecule has 0 aliphatic heterocycles. The van der Waals surface area contributed by atoms with Crippen LogP contribution < -0.4 is 11.1 Å². The third-order valence-corrected chi connectivity index (χ3v) is 3.47. The number of amides is 1. The SMILES string of the molecule is Cc1nnc(CNC(=O)c2nc(-c3ccccc3)c(N)cc2C)o1. The molecule has 0 spiro atoms. The van der Waals surface area contributed by atoms with Gasteiger partial charge in [0.25, 0.3) is 5.91 Å². The van der Waals surface area contributed by atoms with E-state index < -0.39 is 0 Å². The summed E-state index contributed by atoms with van der Waals surface area (Å²) < 4.78 is 5.23. The van der Waals surface area contributed by atoms with Crippen molar-refractivity contribution in [2.45, 2.75) is 20.4 Å². The lowest BCUT2D eigenvalue weighted by molar-refractivity contribution is 0.0941. The number of nitrogens with one attached hydrogen (secondary N) is 1. The molecule has 2 aromatic heterocycles. The standard InChI is InChI=1S/C17H17N5O2/c1-10-8-13(18)16(12-6-4-3-5-7-12)20-15(10)17(23)19-9-14-22-21-11(2)24-14/h3-8H,9,18H2,1-2H3,(H,19,23). The molecule has 1 amide bonds. The summed E-state index contributed by atoms with van der Waals surface area (Å²) in [5.74, 6) is 0.477. The van der Waals surface area contributed by atoms with Crippen LogP contribution in [0.2, 0.25) is 0 Å². The molecule has 0 saturated heterocycles. The fourth-order valence-corrected chi connectivity index (χ4v) is 2.34. The first-order valence-electron chi connectivity index (χ1n) is 7.44. The van der Waals surface area contributed by atoms with Crippen molar-refractivity contribution in [3.8, 4) is 11.3 Å². The molecule has 3 rings (SSSR count). The number of carbonyl (C=O) groups excluding carboxylic acids is 1. The van der Waals surface area contributed by atoms with Gasteiger partial charge < -0.3 is 15.5 Å². The number of aryl methyl sites for hydroxylation is 2. The zero-order valence-electron chi connectivity index (χ0n) is 13.4. The fourth-order valence-electron chi connectivity index (χ4n) is 2.34. The molecule has 7 heteroatoms. The van der Waals surface area contributed by atoms with Crippen LogP contribution in [0.3, 0.4) is 0 Å². The van der Waals surface area contributed by atoms with Crippen LogP contribution in [-0.4, -0.2) is 21.1 Å². The Morgan fingerprint density at radius 2 is 1.96 bits per heavy atom. The van der Waals surface area contributed by atoms with Crippen molar-refractivity contribution in [2.24, 2.45) is 0 Å². The molecule has 0 atom stereocenters. The number of hydrogen-bond acceptors (Lipinski definition) is 6. The predicted octanol–water partition coefficient (Wildman–Crippen LogP) is 2.26. The monoisotopic (exact) mass is 323 g/mol. The van der Waals surface area contributed by atoms with Crippen LogP contribution in [0.4, 0.5) is 5.69 Å². The molecule has 122 valence electrons. The average molecular weight is 323 g/mol. The van der Waals surface area contributed by atoms with E-state index in [9.17, 15) is 4.79 Å². The van der Waals surface area contributed by atoms with E-state index in [0.717, 1.165) is 5.56 Å². The summed E-state index contributed by atoms with van der Waals surface area (Å²) in [5, 5.41) is 10.3. The van der Waals surface area contributed by atoms with Gasteiger partial charge >= 0.3 is 0 Å². The van der Waals surface area contributed by atoms with Crippen molar-refractivity contribution in [3.05, 3.63) is 59.4 Å². The second-order valence-corrected chi connectivity index (χ2v) is 5.36. The first-order chi connectivity index (χ1) is 11.5. The van der Waals surface area contributed by atoms with Crippen LogP contribution in [0.25, 0.3) is 11.3 Å². The van der Waals surface area contributed by atoms with Gasteiger partial charge in [0, 0.05) is 12.5 Å². The summed E-state index contributed by atoms with van der Waals surface area (Å²) >= 11 is 0. The lowest BCUT2D eigenvalue weighted by Crippen LogP contribution is -2.25. The van der Waals surface area contributed by atoms with E-state index in [0.29, 0.717) is 34.4 Å². The highest BCUT2D eigenvalue weighted by Crippen LogP contribution is 2.25. The number of nitrogens with two attached hydrogens (primary N) is 1. The second kappa shape index (κ2) is 6.49. The molecule has 2 heterocycles. The first-order valence-corrected chi connectivity index (χ1v) is 7.44. The molecule has 24 heavy (non-hydrogen) atoms. The van der Waals surface area contributed by atoms with Gasteiger partial charge in [-0.1, -0.05) is 30.3 Å². The fraction of sp³-hybridized carbons (Fsp3) is 0.176. The number of carbonyl (C=O) groups is 1. The first kappa shape index (κ1) is 15.7. The molecule has 0 radical (unpaired) electrons. The molecule has 0 aliphatic rings. The predicted molar refractivity (Wildman–Crippen MR) is 89.0 cm³/mol. The number of aromatic nitrogens is 3. The number of anilines is 1.